The number of nitrogens with two attached hydrogens (primary N) is 1. The number of nitrogens with zero attached hydrogens (tertiary/aromatic N) is 1. The molecule has 4 nitrogen and oxygen atoms in total. The van der Waals surface area contributed by atoms with Crippen molar-refractivity contribution in [3.63, 3.8) is 0 Å². The molecule has 0 radical (unpaired) electrons. The molecule has 13 heavy (non-hydrogen) atoms. The van der Waals surface area contributed by atoms with Gasteiger partial charge < -0.3 is 11.1 Å². The van der Waals surface area contributed by atoms with Gasteiger partial charge in [-0.2, -0.15) is 0 Å². The third kappa shape index (κ3) is 3.67. The summed E-state index contributed by atoms with van der Waals surface area (Å²) in [6.07, 6.45) is 1.51. The quantitative estimate of drug-likeness (QED) is 0.689. The molecule has 0 saturated carbocycles. The number of nitrogens with one attached hydrogen (secondary N) is 1. The standard InChI is InChI=1S/C8H15N3OS/c1-2-6-5-11-8(13-6)10-4-3-7(9)12/h6H,2-5H2,1H3,(H2,9,12)(H,10,11). The number of amidine groups is 1. The second-order valence-electron chi connectivity index (χ2n) is 2.94. The SMILES string of the molecule is CCC1CN=C(NCCC(N)=O)S1. The van der Waals surface area contributed by atoms with E-state index in [1.54, 1.807) is 11.8 Å². The molecule has 1 aliphatic rings. The number of hydrogen-bond acceptors (Lipinski definition) is 4. The summed E-state index contributed by atoms with van der Waals surface area (Å²) in [5.74, 6) is -0.275. The van der Waals surface area contributed by atoms with Crippen molar-refractivity contribution in [2.75, 3.05) is 13.1 Å². The molecule has 1 amide bonds. The lowest BCUT2D eigenvalue weighted by Gasteiger charge is -2.05. The van der Waals surface area contributed by atoms with Crippen molar-refractivity contribution in [1.29, 1.82) is 0 Å². The number of thioether (sulfide) groups is 1. The first-order valence-corrected chi connectivity index (χ1v) is 5.33. The van der Waals surface area contributed by atoms with Crippen molar-refractivity contribution in [3.8, 4) is 0 Å². The van der Waals surface area contributed by atoms with Crippen LogP contribution in [0.25, 0.3) is 0 Å². The Kier molecular flexibility index (Phi) is 4.08. The minimum atomic E-state index is -0.275. The van der Waals surface area contributed by atoms with Gasteiger partial charge in [-0.15, -0.1) is 0 Å². The second kappa shape index (κ2) is 5.11. The summed E-state index contributed by atoms with van der Waals surface area (Å²) < 4.78 is 0. The van der Waals surface area contributed by atoms with Crippen LogP contribution < -0.4 is 11.1 Å². The van der Waals surface area contributed by atoms with Gasteiger partial charge in [0.05, 0.1) is 6.54 Å². The molecule has 0 fully saturated rings. The summed E-state index contributed by atoms with van der Waals surface area (Å²) in [6, 6.07) is 0. The highest BCUT2D eigenvalue weighted by Crippen LogP contribution is 2.21. The molecule has 0 aromatic rings. The average molecular weight is 201 g/mol. The van der Waals surface area contributed by atoms with Gasteiger partial charge in [-0.05, 0) is 6.42 Å². The molecule has 0 aromatic heterocycles. The van der Waals surface area contributed by atoms with Crippen LogP contribution in [0.5, 0.6) is 0 Å². The Hall–Kier alpha value is -0.710. The lowest BCUT2D eigenvalue weighted by Crippen LogP contribution is -2.25. The number of rotatable bonds is 4. The van der Waals surface area contributed by atoms with E-state index in [0.29, 0.717) is 18.2 Å². The van der Waals surface area contributed by atoms with Crippen LogP contribution in [0.2, 0.25) is 0 Å². The Morgan fingerprint density at radius 2 is 2.62 bits per heavy atom. The first-order chi connectivity index (χ1) is 6.22. The van der Waals surface area contributed by atoms with Gasteiger partial charge in [-0.1, -0.05) is 18.7 Å². The Labute approximate surface area is 82.4 Å². The number of primary amides is 1. The summed E-state index contributed by atoms with van der Waals surface area (Å²) in [6.45, 7) is 3.64. The maximum absolute atomic E-state index is 10.4. The van der Waals surface area contributed by atoms with Crippen molar-refractivity contribution in [3.05, 3.63) is 0 Å². The van der Waals surface area contributed by atoms with Gasteiger partial charge in [-0.3, -0.25) is 9.79 Å². The lowest BCUT2D eigenvalue weighted by molar-refractivity contribution is -0.117. The van der Waals surface area contributed by atoms with E-state index in [9.17, 15) is 4.79 Å². The third-order valence-corrected chi connectivity index (χ3v) is 3.13. The normalized spacial score (nSPS) is 21.3. The van der Waals surface area contributed by atoms with Gasteiger partial charge in [0.1, 0.15) is 0 Å². The molecule has 1 unspecified atom stereocenters. The molecule has 1 atom stereocenters. The molecule has 3 N–H and O–H groups in total. The van der Waals surface area contributed by atoms with Crippen LogP contribution >= 0.6 is 11.8 Å². The average Bonchev–Trinajstić information content (AvgIpc) is 2.52. The zero-order valence-electron chi connectivity index (χ0n) is 7.75. The van der Waals surface area contributed by atoms with E-state index in [-0.39, 0.29) is 5.91 Å². The molecular formula is C8H15N3OS. The Morgan fingerprint density at radius 1 is 1.85 bits per heavy atom. The number of carbonyl (C=O) groups is 1. The van der Waals surface area contributed by atoms with Crippen LogP contribution in [-0.2, 0) is 4.79 Å². The van der Waals surface area contributed by atoms with Crippen molar-refractivity contribution in [1.82, 2.24) is 5.32 Å². The predicted molar refractivity (Wildman–Crippen MR) is 55.8 cm³/mol. The van der Waals surface area contributed by atoms with E-state index in [0.717, 1.165) is 18.1 Å². The topological polar surface area (TPSA) is 67.5 Å². The van der Waals surface area contributed by atoms with Crippen LogP contribution in [0.1, 0.15) is 19.8 Å². The zero-order valence-corrected chi connectivity index (χ0v) is 8.56. The van der Waals surface area contributed by atoms with Crippen molar-refractivity contribution in [2.45, 2.75) is 25.0 Å². The van der Waals surface area contributed by atoms with Crippen molar-refractivity contribution < 1.29 is 4.79 Å². The van der Waals surface area contributed by atoms with Crippen LogP contribution in [0.3, 0.4) is 0 Å². The minimum Gasteiger partial charge on any atom is -0.370 e. The second-order valence-corrected chi connectivity index (χ2v) is 4.23. The molecule has 1 heterocycles. The Morgan fingerprint density at radius 3 is 3.15 bits per heavy atom. The maximum Gasteiger partial charge on any atom is 0.219 e. The largest absolute Gasteiger partial charge is 0.370 e. The molecular weight excluding hydrogens is 186 g/mol. The van der Waals surface area contributed by atoms with E-state index in [2.05, 4.69) is 17.2 Å². The highest BCUT2D eigenvalue weighted by Gasteiger charge is 2.16. The minimum absolute atomic E-state index is 0.275. The van der Waals surface area contributed by atoms with E-state index < -0.39 is 0 Å². The summed E-state index contributed by atoms with van der Waals surface area (Å²) >= 11 is 1.75. The first-order valence-electron chi connectivity index (χ1n) is 4.45. The fourth-order valence-electron chi connectivity index (χ4n) is 1.02. The van der Waals surface area contributed by atoms with Gasteiger partial charge in [0.2, 0.25) is 5.91 Å². The van der Waals surface area contributed by atoms with Gasteiger partial charge in [-0.25, -0.2) is 0 Å². The zero-order chi connectivity index (χ0) is 9.68. The van der Waals surface area contributed by atoms with Crippen LogP contribution in [-0.4, -0.2) is 29.4 Å². The van der Waals surface area contributed by atoms with E-state index >= 15 is 0 Å². The molecule has 0 spiro atoms. The van der Waals surface area contributed by atoms with E-state index in [4.69, 9.17) is 5.73 Å². The van der Waals surface area contributed by atoms with E-state index in [1.165, 1.54) is 0 Å². The molecule has 0 aliphatic carbocycles. The predicted octanol–water partition coefficient (Wildman–Crippen LogP) is 0.333. The molecule has 5 heteroatoms. The fourth-order valence-corrected chi connectivity index (χ4v) is 1.99. The monoisotopic (exact) mass is 201 g/mol. The molecule has 1 aliphatic heterocycles. The number of hydrogen-bond donors (Lipinski definition) is 2. The smallest absolute Gasteiger partial charge is 0.219 e. The van der Waals surface area contributed by atoms with Gasteiger partial charge in [0.25, 0.3) is 0 Å². The number of amides is 1. The fraction of sp³-hybridized carbons (Fsp3) is 0.750. The highest BCUT2D eigenvalue weighted by atomic mass is 32.2. The van der Waals surface area contributed by atoms with E-state index in [1.807, 2.05) is 0 Å². The van der Waals surface area contributed by atoms with Crippen LogP contribution in [0.15, 0.2) is 4.99 Å². The summed E-state index contributed by atoms with van der Waals surface area (Å²) in [5, 5.41) is 4.65. The van der Waals surface area contributed by atoms with Gasteiger partial charge >= 0.3 is 0 Å². The number of aliphatic imine (C=N–C) groups is 1. The Bertz CT molecular complexity index is 217. The molecule has 0 bridgehead atoms. The van der Waals surface area contributed by atoms with Crippen molar-refractivity contribution >= 4 is 22.8 Å². The van der Waals surface area contributed by atoms with Gasteiger partial charge in [0.15, 0.2) is 5.17 Å². The summed E-state index contributed by atoms with van der Waals surface area (Å²) in [7, 11) is 0. The summed E-state index contributed by atoms with van der Waals surface area (Å²) in [5.41, 5.74) is 5.01. The lowest BCUT2D eigenvalue weighted by atomic mass is 10.3. The van der Waals surface area contributed by atoms with Crippen LogP contribution in [0.4, 0.5) is 0 Å². The first kappa shape index (κ1) is 10.4. The Balaban J connectivity index is 2.13. The molecule has 74 valence electrons. The third-order valence-electron chi connectivity index (χ3n) is 1.82. The summed E-state index contributed by atoms with van der Waals surface area (Å²) in [4.78, 5) is 14.7. The van der Waals surface area contributed by atoms with Crippen molar-refractivity contribution in [2.24, 2.45) is 10.7 Å². The molecule has 1 rings (SSSR count). The highest BCUT2D eigenvalue weighted by molar-refractivity contribution is 8.14. The molecule has 0 saturated heterocycles. The van der Waals surface area contributed by atoms with Crippen LogP contribution in [0, 0.1) is 0 Å². The number of carbonyl (C=O) groups excluding carboxylic acids is 1. The maximum atomic E-state index is 10.4. The molecule has 0 aromatic carbocycles. The van der Waals surface area contributed by atoms with Gasteiger partial charge in [0, 0.05) is 18.2 Å².